The van der Waals surface area contributed by atoms with Gasteiger partial charge in [-0.15, -0.1) is 0 Å². The largest absolute Gasteiger partial charge is 0.497 e. The number of aliphatic imine (C=N–C) groups is 1. The summed E-state index contributed by atoms with van der Waals surface area (Å²) < 4.78 is 11.2. The molecule has 2 aliphatic heterocycles. The van der Waals surface area contributed by atoms with E-state index in [0.29, 0.717) is 22.4 Å². The second-order valence-electron chi connectivity index (χ2n) is 6.98. The highest BCUT2D eigenvalue weighted by molar-refractivity contribution is 8.18. The molecule has 3 heterocycles. The van der Waals surface area contributed by atoms with Gasteiger partial charge in [0.05, 0.1) is 17.7 Å². The van der Waals surface area contributed by atoms with Crippen LogP contribution in [0.4, 0.5) is 11.6 Å². The van der Waals surface area contributed by atoms with Gasteiger partial charge in [-0.05, 0) is 68.3 Å². The zero-order valence-electron chi connectivity index (χ0n) is 16.8. The Morgan fingerprint density at radius 3 is 2.59 bits per heavy atom. The van der Waals surface area contributed by atoms with E-state index in [1.54, 1.807) is 12.0 Å². The van der Waals surface area contributed by atoms with Crippen LogP contribution in [0.3, 0.4) is 0 Å². The number of amides is 1. The fourth-order valence-electron chi connectivity index (χ4n) is 3.47. The summed E-state index contributed by atoms with van der Waals surface area (Å²) in [4.78, 5) is 22.1. The number of hydrogen-bond donors (Lipinski definition) is 0. The number of carbonyl (C=O) groups is 1. The second kappa shape index (κ2) is 8.78. The number of rotatable bonds is 5. The molecule has 0 N–H and O–H groups in total. The van der Waals surface area contributed by atoms with Crippen LogP contribution in [0.15, 0.2) is 50.7 Å². The van der Waals surface area contributed by atoms with Gasteiger partial charge in [0, 0.05) is 31.8 Å². The van der Waals surface area contributed by atoms with Crippen LogP contribution in [-0.4, -0.2) is 42.7 Å². The standard InChI is InChI=1S/C22H25N3O3S/c1-3-25-21(26)19(29-22(25)23-16-7-9-17(27-2)10-8-16)15-18-11-12-20(28-18)24-13-5-4-6-14-24/h7-12,15H,3-6,13-14H2,1-2H3/b19-15+,23-22?. The monoisotopic (exact) mass is 411 g/mol. The summed E-state index contributed by atoms with van der Waals surface area (Å²) in [5, 5.41) is 0.678. The van der Waals surface area contributed by atoms with Crippen molar-refractivity contribution in [3.05, 3.63) is 47.1 Å². The first-order chi connectivity index (χ1) is 14.2. The number of carbonyl (C=O) groups excluding carboxylic acids is 1. The molecule has 4 rings (SSSR count). The topological polar surface area (TPSA) is 58.3 Å². The molecule has 1 aromatic carbocycles. The smallest absolute Gasteiger partial charge is 0.266 e. The van der Waals surface area contributed by atoms with Crippen LogP contribution < -0.4 is 9.64 Å². The Morgan fingerprint density at radius 1 is 1.14 bits per heavy atom. The van der Waals surface area contributed by atoms with Gasteiger partial charge in [0.25, 0.3) is 5.91 Å². The Bertz CT molecular complexity index is 927. The number of furan rings is 1. The molecule has 152 valence electrons. The molecule has 6 nitrogen and oxygen atoms in total. The number of amidine groups is 1. The first-order valence-electron chi connectivity index (χ1n) is 9.97. The highest BCUT2D eigenvalue weighted by Gasteiger charge is 2.32. The minimum absolute atomic E-state index is 0.0410. The van der Waals surface area contributed by atoms with Crippen molar-refractivity contribution in [1.82, 2.24) is 4.90 Å². The fraction of sp³-hybridized carbons (Fsp3) is 0.364. The lowest BCUT2D eigenvalue weighted by molar-refractivity contribution is -0.122. The summed E-state index contributed by atoms with van der Waals surface area (Å²) in [6.07, 6.45) is 5.49. The zero-order chi connectivity index (χ0) is 20.2. The van der Waals surface area contributed by atoms with Crippen molar-refractivity contribution in [3.63, 3.8) is 0 Å². The van der Waals surface area contributed by atoms with E-state index >= 15 is 0 Å². The van der Waals surface area contributed by atoms with Gasteiger partial charge in [-0.3, -0.25) is 9.69 Å². The van der Waals surface area contributed by atoms with Crippen LogP contribution in [0, 0.1) is 0 Å². The van der Waals surface area contributed by atoms with Gasteiger partial charge in [-0.25, -0.2) is 4.99 Å². The third-order valence-corrected chi connectivity index (χ3v) is 6.06. The predicted molar refractivity (Wildman–Crippen MR) is 118 cm³/mol. The Hall–Kier alpha value is -2.67. The summed E-state index contributed by atoms with van der Waals surface area (Å²) >= 11 is 1.38. The van der Waals surface area contributed by atoms with E-state index in [-0.39, 0.29) is 5.91 Å². The number of ether oxygens (including phenoxy) is 1. The van der Waals surface area contributed by atoms with E-state index < -0.39 is 0 Å². The van der Waals surface area contributed by atoms with Crippen LogP contribution in [0.1, 0.15) is 31.9 Å². The molecule has 0 unspecified atom stereocenters. The third kappa shape index (κ3) is 4.34. The summed E-state index contributed by atoms with van der Waals surface area (Å²) in [5.41, 5.74) is 0.784. The van der Waals surface area contributed by atoms with Crippen molar-refractivity contribution >= 4 is 40.5 Å². The number of methoxy groups -OCH3 is 1. The molecule has 0 atom stereocenters. The molecule has 2 fully saturated rings. The first-order valence-corrected chi connectivity index (χ1v) is 10.8. The average Bonchev–Trinajstić information content (AvgIpc) is 3.34. The number of nitrogens with zero attached hydrogens (tertiary/aromatic N) is 3. The molecule has 0 aliphatic carbocycles. The highest BCUT2D eigenvalue weighted by Crippen LogP contribution is 2.35. The van der Waals surface area contributed by atoms with Crippen LogP contribution in [0.2, 0.25) is 0 Å². The number of benzene rings is 1. The fourth-order valence-corrected chi connectivity index (χ4v) is 4.51. The predicted octanol–water partition coefficient (Wildman–Crippen LogP) is 4.90. The zero-order valence-corrected chi connectivity index (χ0v) is 17.6. The number of anilines is 1. The van der Waals surface area contributed by atoms with Gasteiger partial charge in [0.1, 0.15) is 11.5 Å². The minimum Gasteiger partial charge on any atom is -0.497 e. The molecule has 29 heavy (non-hydrogen) atoms. The highest BCUT2D eigenvalue weighted by atomic mass is 32.2. The molecule has 7 heteroatoms. The molecule has 1 amide bonds. The number of hydrogen-bond acceptors (Lipinski definition) is 6. The Morgan fingerprint density at radius 2 is 1.90 bits per heavy atom. The lowest BCUT2D eigenvalue weighted by Crippen LogP contribution is -2.28. The van der Waals surface area contributed by atoms with Crippen molar-refractivity contribution in [3.8, 4) is 5.75 Å². The van der Waals surface area contributed by atoms with Gasteiger partial charge in [-0.1, -0.05) is 0 Å². The molecule has 2 aliphatic rings. The normalized spacial score (nSPS) is 20.1. The molecule has 2 aromatic rings. The van der Waals surface area contributed by atoms with Crippen molar-refractivity contribution < 1.29 is 13.9 Å². The van der Waals surface area contributed by atoms with E-state index in [9.17, 15) is 4.79 Å². The summed E-state index contributed by atoms with van der Waals surface area (Å²) in [7, 11) is 1.63. The first kappa shape index (κ1) is 19.6. The maximum atomic E-state index is 12.8. The lowest BCUT2D eigenvalue weighted by Gasteiger charge is -2.25. The van der Waals surface area contributed by atoms with Crippen molar-refractivity contribution in [2.75, 3.05) is 31.6 Å². The van der Waals surface area contributed by atoms with E-state index in [0.717, 1.165) is 30.4 Å². The molecule has 1 aromatic heterocycles. The summed E-state index contributed by atoms with van der Waals surface area (Å²) in [6.45, 7) is 4.57. The quantitative estimate of drug-likeness (QED) is 0.655. The van der Waals surface area contributed by atoms with Crippen LogP contribution in [0.5, 0.6) is 5.75 Å². The number of thioether (sulfide) groups is 1. The second-order valence-corrected chi connectivity index (χ2v) is 7.99. The van der Waals surface area contributed by atoms with Gasteiger partial charge in [0.15, 0.2) is 11.1 Å². The van der Waals surface area contributed by atoms with Crippen LogP contribution in [-0.2, 0) is 4.79 Å². The number of piperidine rings is 1. The molecule has 0 radical (unpaired) electrons. The Labute approximate surface area is 175 Å². The summed E-state index contributed by atoms with van der Waals surface area (Å²) in [5.74, 6) is 2.31. The lowest BCUT2D eigenvalue weighted by atomic mass is 10.1. The maximum Gasteiger partial charge on any atom is 0.266 e. The summed E-state index contributed by atoms with van der Waals surface area (Å²) in [6, 6.07) is 11.4. The van der Waals surface area contributed by atoms with Crippen molar-refractivity contribution in [2.45, 2.75) is 26.2 Å². The molecular weight excluding hydrogens is 386 g/mol. The van der Waals surface area contributed by atoms with Gasteiger partial charge in [0.2, 0.25) is 0 Å². The van der Waals surface area contributed by atoms with Crippen LogP contribution in [0.25, 0.3) is 6.08 Å². The van der Waals surface area contributed by atoms with Crippen molar-refractivity contribution in [2.24, 2.45) is 4.99 Å². The molecular formula is C22H25N3O3S. The van der Waals surface area contributed by atoms with Crippen molar-refractivity contribution in [1.29, 1.82) is 0 Å². The molecule has 0 saturated carbocycles. The SMILES string of the molecule is CCN1C(=O)/C(=C\c2ccc(N3CCCCC3)o2)SC1=Nc1ccc(OC)cc1. The van der Waals surface area contributed by atoms with E-state index in [2.05, 4.69) is 9.89 Å². The van der Waals surface area contributed by atoms with E-state index in [4.69, 9.17) is 9.15 Å². The minimum atomic E-state index is -0.0410. The molecule has 0 bridgehead atoms. The average molecular weight is 412 g/mol. The third-order valence-electron chi connectivity index (χ3n) is 5.06. The maximum absolute atomic E-state index is 12.8. The Kier molecular flexibility index (Phi) is 5.94. The molecule has 0 spiro atoms. The van der Waals surface area contributed by atoms with Crippen LogP contribution >= 0.6 is 11.8 Å². The number of likely N-dealkylation sites (N-methyl/N-ethyl adjacent to an activating group) is 1. The van der Waals surface area contributed by atoms with Gasteiger partial charge >= 0.3 is 0 Å². The van der Waals surface area contributed by atoms with Gasteiger partial charge < -0.3 is 14.1 Å². The van der Waals surface area contributed by atoms with Gasteiger partial charge in [-0.2, -0.15) is 0 Å². The molecule has 2 saturated heterocycles. The van der Waals surface area contributed by atoms with E-state index in [1.807, 2.05) is 49.4 Å². The Balaban J connectivity index is 1.54. The van der Waals surface area contributed by atoms with E-state index in [1.165, 1.54) is 31.0 Å².